The minimum Gasteiger partial charge on any atom is -0.353 e. The number of hydrogen-bond donors (Lipinski definition) is 0. The summed E-state index contributed by atoms with van der Waals surface area (Å²) in [5.74, 6) is 1.62. The third-order valence-electron chi connectivity index (χ3n) is 4.63. The Hall–Kier alpha value is -1.62. The monoisotopic (exact) mass is 288 g/mol. The third kappa shape index (κ3) is 3.35. The van der Waals surface area contributed by atoms with E-state index in [0.29, 0.717) is 5.91 Å². The minimum atomic E-state index is 0.239. The summed E-state index contributed by atoms with van der Waals surface area (Å²) in [6.07, 6.45) is 3.84. The Kier molecular flexibility index (Phi) is 4.39. The maximum Gasteiger partial charge on any atom is 0.225 e. The van der Waals surface area contributed by atoms with Crippen LogP contribution in [0.5, 0.6) is 0 Å². The molecule has 2 aliphatic rings. The van der Waals surface area contributed by atoms with E-state index < -0.39 is 0 Å². The summed E-state index contributed by atoms with van der Waals surface area (Å²) >= 11 is 0. The molecule has 5 heteroatoms. The van der Waals surface area contributed by atoms with E-state index in [-0.39, 0.29) is 5.92 Å². The highest BCUT2D eigenvalue weighted by molar-refractivity contribution is 5.79. The lowest BCUT2D eigenvalue weighted by Crippen LogP contribution is -2.51. The Bertz CT molecular complexity index is 462. The Morgan fingerprint density at radius 1 is 1.10 bits per heavy atom. The molecule has 2 aliphatic heterocycles. The van der Waals surface area contributed by atoms with Gasteiger partial charge in [0.1, 0.15) is 5.82 Å². The molecule has 0 aliphatic carbocycles. The van der Waals surface area contributed by atoms with Gasteiger partial charge in [0, 0.05) is 38.3 Å². The highest BCUT2D eigenvalue weighted by atomic mass is 16.2. The number of carbonyl (C=O) groups is 1. The van der Waals surface area contributed by atoms with Gasteiger partial charge in [-0.2, -0.15) is 0 Å². The molecule has 114 valence electrons. The number of pyridine rings is 1. The first-order valence-corrected chi connectivity index (χ1v) is 7.87. The number of nitrogens with zero attached hydrogens (tertiary/aromatic N) is 4. The molecule has 2 fully saturated rings. The Morgan fingerprint density at radius 3 is 2.43 bits per heavy atom. The van der Waals surface area contributed by atoms with Crippen LogP contribution in [0.4, 0.5) is 5.82 Å². The van der Waals surface area contributed by atoms with Crippen LogP contribution < -0.4 is 4.90 Å². The molecule has 0 unspecified atom stereocenters. The molecular formula is C16H24N4O. The maximum atomic E-state index is 12.6. The summed E-state index contributed by atoms with van der Waals surface area (Å²) in [5.41, 5.74) is 0. The average Bonchev–Trinajstić information content (AvgIpc) is 2.56. The molecule has 0 N–H and O–H groups in total. The van der Waals surface area contributed by atoms with Crippen molar-refractivity contribution in [2.45, 2.75) is 12.8 Å². The van der Waals surface area contributed by atoms with Crippen LogP contribution in [-0.2, 0) is 4.79 Å². The predicted octanol–water partition coefficient (Wildman–Crippen LogP) is 1.07. The van der Waals surface area contributed by atoms with Crippen molar-refractivity contribution < 1.29 is 4.79 Å². The van der Waals surface area contributed by atoms with Crippen molar-refractivity contribution in [3.05, 3.63) is 24.4 Å². The molecule has 0 saturated carbocycles. The van der Waals surface area contributed by atoms with Gasteiger partial charge in [0.2, 0.25) is 5.91 Å². The average molecular weight is 288 g/mol. The van der Waals surface area contributed by atoms with Crippen LogP contribution in [0.15, 0.2) is 24.4 Å². The first kappa shape index (κ1) is 14.3. The second-order valence-corrected chi connectivity index (χ2v) is 6.08. The van der Waals surface area contributed by atoms with Gasteiger partial charge in [-0.1, -0.05) is 6.07 Å². The number of piperazine rings is 1. The molecule has 0 atom stereocenters. The Labute approximate surface area is 126 Å². The molecule has 1 amide bonds. The van der Waals surface area contributed by atoms with Crippen molar-refractivity contribution in [2.75, 3.05) is 51.2 Å². The summed E-state index contributed by atoms with van der Waals surface area (Å²) < 4.78 is 0. The lowest BCUT2D eigenvalue weighted by molar-refractivity contribution is -0.137. The van der Waals surface area contributed by atoms with E-state index in [9.17, 15) is 4.79 Å². The van der Waals surface area contributed by atoms with Crippen molar-refractivity contribution in [1.82, 2.24) is 14.8 Å². The highest BCUT2D eigenvalue weighted by Gasteiger charge is 2.29. The van der Waals surface area contributed by atoms with Gasteiger partial charge in [0.25, 0.3) is 0 Å². The highest BCUT2D eigenvalue weighted by Crippen LogP contribution is 2.20. The van der Waals surface area contributed by atoms with Crippen LogP contribution in [-0.4, -0.2) is 67.0 Å². The van der Waals surface area contributed by atoms with Gasteiger partial charge in [-0.15, -0.1) is 0 Å². The van der Waals surface area contributed by atoms with Crippen molar-refractivity contribution in [3.63, 3.8) is 0 Å². The van der Waals surface area contributed by atoms with E-state index in [4.69, 9.17) is 0 Å². The van der Waals surface area contributed by atoms with Crippen LogP contribution in [0.25, 0.3) is 0 Å². The summed E-state index contributed by atoms with van der Waals surface area (Å²) in [5, 5.41) is 0. The number of carbonyl (C=O) groups excluding carboxylic acids is 1. The Morgan fingerprint density at radius 2 is 1.81 bits per heavy atom. The number of aromatic nitrogens is 1. The molecule has 2 saturated heterocycles. The minimum absolute atomic E-state index is 0.239. The van der Waals surface area contributed by atoms with Crippen LogP contribution in [0, 0.1) is 5.92 Å². The maximum absolute atomic E-state index is 12.6. The molecule has 1 aromatic rings. The zero-order valence-corrected chi connectivity index (χ0v) is 12.7. The van der Waals surface area contributed by atoms with E-state index in [2.05, 4.69) is 26.7 Å². The van der Waals surface area contributed by atoms with Gasteiger partial charge in [0.15, 0.2) is 0 Å². The Balaban J connectivity index is 1.52. The topological polar surface area (TPSA) is 39.7 Å². The smallest absolute Gasteiger partial charge is 0.225 e. The van der Waals surface area contributed by atoms with Crippen LogP contribution in [0.2, 0.25) is 0 Å². The number of rotatable bonds is 2. The number of hydrogen-bond acceptors (Lipinski definition) is 4. The summed E-state index contributed by atoms with van der Waals surface area (Å²) in [6, 6.07) is 5.98. The van der Waals surface area contributed by atoms with Crippen molar-refractivity contribution >= 4 is 11.7 Å². The zero-order chi connectivity index (χ0) is 14.7. The number of piperidine rings is 1. The van der Waals surface area contributed by atoms with E-state index in [1.807, 2.05) is 24.4 Å². The second kappa shape index (κ2) is 6.43. The predicted molar refractivity (Wildman–Crippen MR) is 83.3 cm³/mol. The molecule has 21 heavy (non-hydrogen) atoms. The van der Waals surface area contributed by atoms with E-state index >= 15 is 0 Å². The molecule has 5 nitrogen and oxygen atoms in total. The van der Waals surface area contributed by atoms with E-state index in [0.717, 1.165) is 57.9 Å². The molecule has 0 bridgehead atoms. The van der Waals surface area contributed by atoms with Gasteiger partial charge in [0.05, 0.1) is 0 Å². The van der Waals surface area contributed by atoms with Crippen molar-refractivity contribution in [2.24, 2.45) is 5.92 Å². The largest absolute Gasteiger partial charge is 0.353 e. The quantitative estimate of drug-likeness (QED) is 0.816. The standard InChI is InChI=1S/C16H24N4O/c1-18-8-5-14(6-9-18)16(21)20-12-10-19(11-13-20)15-4-2-3-7-17-15/h2-4,7,14H,5-6,8-13H2,1H3. The van der Waals surface area contributed by atoms with Gasteiger partial charge in [-0.3, -0.25) is 4.79 Å². The van der Waals surface area contributed by atoms with Crippen LogP contribution in [0.3, 0.4) is 0 Å². The summed E-state index contributed by atoms with van der Waals surface area (Å²) in [6.45, 7) is 5.50. The lowest BCUT2D eigenvalue weighted by atomic mass is 9.95. The molecule has 3 rings (SSSR count). The number of anilines is 1. The van der Waals surface area contributed by atoms with Gasteiger partial charge in [-0.25, -0.2) is 4.98 Å². The molecule has 0 spiro atoms. The van der Waals surface area contributed by atoms with Crippen molar-refractivity contribution in [1.29, 1.82) is 0 Å². The first-order valence-electron chi connectivity index (χ1n) is 7.87. The number of amides is 1. The fraction of sp³-hybridized carbons (Fsp3) is 0.625. The van der Waals surface area contributed by atoms with E-state index in [1.165, 1.54) is 0 Å². The molecule has 0 radical (unpaired) electrons. The summed E-state index contributed by atoms with van der Waals surface area (Å²) in [7, 11) is 2.13. The van der Waals surface area contributed by atoms with Crippen molar-refractivity contribution in [3.8, 4) is 0 Å². The third-order valence-corrected chi connectivity index (χ3v) is 4.63. The zero-order valence-electron chi connectivity index (χ0n) is 12.7. The van der Waals surface area contributed by atoms with Crippen LogP contribution >= 0.6 is 0 Å². The molecular weight excluding hydrogens is 264 g/mol. The van der Waals surface area contributed by atoms with E-state index in [1.54, 1.807) is 0 Å². The van der Waals surface area contributed by atoms with Crippen LogP contribution in [0.1, 0.15) is 12.8 Å². The fourth-order valence-electron chi connectivity index (χ4n) is 3.21. The molecule has 0 aromatic carbocycles. The second-order valence-electron chi connectivity index (χ2n) is 6.08. The lowest BCUT2D eigenvalue weighted by Gasteiger charge is -2.38. The van der Waals surface area contributed by atoms with Gasteiger partial charge >= 0.3 is 0 Å². The number of likely N-dealkylation sites (tertiary alicyclic amines) is 1. The fourth-order valence-corrected chi connectivity index (χ4v) is 3.21. The first-order chi connectivity index (χ1) is 10.2. The van der Waals surface area contributed by atoms with Gasteiger partial charge in [-0.05, 0) is 45.1 Å². The van der Waals surface area contributed by atoms with Gasteiger partial charge < -0.3 is 14.7 Å². The summed E-state index contributed by atoms with van der Waals surface area (Å²) in [4.78, 5) is 23.6. The molecule has 1 aromatic heterocycles. The molecule has 3 heterocycles. The SMILES string of the molecule is CN1CCC(C(=O)N2CCN(c3ccccn3)CC2)CC1. The normalized spacial score (nSPS) is 21.6.